The van der Waals surface area contributed by atoms with Crippen LogP contribution in [0.25, 0.3) is 0 Å². The van der Waals surface area contributed by atoms with Crippen LogP contribution in [0.15, 0.2) is 60.7 Å². The topological polar surface area (TPSA) is 81.6 Å². The summed E-state index contributed by atoms with van der Waals surface area (Å²) < 4.78 is 0. The summed E-state index contributed by atoms with van der Waals surface area (Å²) in [6, 6.07) is 17.8. The zero-order valence-corrected chi connectivity index (χ0v) is 13.3. The van der Waals surface area contributed by atoms with E-state index in [0.29, 0.717) is 12.8 Å². The Morgan fingerprint density at radius 1 is 0.708 bits per heavy atom. The molecule has 4 atom stereocenters. The van der Waals surface area contributed by atoms with Crippen molar-refractivity contribution in [3.63, 3.8) is 0 Å². The third-order valence-corrected chi connectivity index (χ3v) is 4.40. The summed E-state index contributed by atoms with van der Waals surface area (Å²) in [7, 11) is 0. The maximum Gasteiger partial charge on any atom is 0.315 e. The zero-order chi connectivity index (χ0) is 16.9. The molecule has 5 nitrogen and oxygen atoms in total. The summed E-state index contributed by atoms with van der Waals surface area (Å²) in [5.41, 5.74) is 1.99. The Morgan fingerprint density at radius 3 is 1.46 bits per heavy atom. The standard InChI is InChI=1S/C19H22N2O3/c22-17-15(11-13-7-3-1-4-8-13)20-19(24)21-16(18(17)23)12-14-9-5-2-6-10-14/h1-10,15-18,22-23H,11-12H2,(H2,20,21,24)/t15-,16-,17+,18+/m1/s1. The molecule has 0 saturated carbocycles. The van der Waals surface area contributed by atoms with E-state index in [4.69, 9.17) is 0 Å². The highest BCUT2D eigenvalue weighted by Crippen LogP contribution is 2.16. The van der Waals surface area contributed by atoms with E-state index in [1.54, 1.807) is 0 Å². The van der Waals surface area contributed by atoms with E-state index in [0.717, 1.165) is 11.1 Å². The number of aliphatic hydroxyl groups is 2. The second-order valence-corrected chi connectivity index (χ2v) is 6.19. The summed E-state index contributed by atoms with van der Waals surface area (Å²) in [5.74, 6) is 0. The SMILES string of the molecule is O=C1N[C@H](Cc2ccccc2)[C@H](O)[C@@H](O)[C@@H](Cc2ccccc2)N1. The van der Waals surface area contributed by atoms with Gasteiger partial charge in [0.1, 0.15) is 12.2 Å². The molecule has 1 saturated heterocycles. The highest BCUT2D eigenvalue weighted by molar-refractivity contribution is 5.75. The molecule has 1 aliphatic rings. The number of benzene rings is 2. The van der Waals surface area contributed by atoms with Crippen LogP contribution in [-0.4, -0.2) is 40.5 Å². The number of urea groups is 1. The van der Waals surface area contributed by atoms with Crippen LogP contribution in [0, 0.1) is 0 Å². The van der Waals surface area contributed by atoms with Crippen LogP contribution in [0.4, 0.5) is 4.79 Å². The van der Waals surface area contributed by atoms with Gasteiger partial charge in [-0.1, -0.05) is 60.7 Å². The fourth-order valence-electron chi connectivity index (χ4n) is 3.10. The lowest BCUT2D eigenvalue weighted by molar-refractivity contribution is -0.0116. The summed E-state index contributed by atoms with van der Waals surface area (Å²) in [4.78, 5) is 12.1. The molecule has 2 amide bonds. The maximum atomic E-state index is 12.1. The Morgan fingerprint density at radius 2 is 1.08 bits per heavy atom. The Hall–Kier alpha value is -2.37. The van der Waals surface area contributed by atoms with Gasteiger partial charge in [0.05, 0.1) is 12.1 Å². The molecule has 1 heterocycles. The molecule has 2 aromatic carbocycles. The zero-order valence-electron chi connectivity index (χ0n) is 13.3. The largest absolute Gasteiger partial charge is 0.388 e. The molecule has 0 spiro atoms. The van der Waals surface area contributed by atoms with Crippen LogP contribution < -0.4 is 10.6 Å². The highest BCUT2D eigenvalue weighted by Gasteiger charge is 2.37. The van der Waals surface area contributed by atoms with E-state index in [-0.39, 0.29) is 6.03 Å². The third-order valence-electron chi connectivity index (χ3n) is 4.40. The van der Waals surface area contributed by atoms with Gasteiger partial charge >= 0.3 is 6.03 Å². The van der Waals surface area contributed by atoms with E-state index >= 15 is 0 Å². The van der Waals surface area contributed by atoms with Crippen molar-refractivity contribution in [3.8, 4) is 0 Å². The summed E-state index contributed by atoms with van der Waals surface area (Å²) >= 11 is 0. The lowest BCUT2D eigenvalue weighted by Crippen LogP contribution is -2.49. The first-order valence-electron chi connectivity index (χ1n) is 8.14. The van der Waals surface area contributed by atoms with Crippen LogP contribution in [0.1, 0.15) is 11.1 Å². The van der Waals surface area contributed by atoms with Crippen molar-refractivity contribution in [2.24, 2.45) is 0 Å². The van der Waals surface area contributed by atoms with Crippen molar-refractivity contribution in [1.82, 2.24) is 10.6 Å². The van der Waals surface area contributed by atoms with Crippen molar-refractivity contribution in [3.05, 3.63) is 71.8 Å². The fourth-order valence-corrected chi connectivity index (χ4v) is 3.10. The number of carbonyl (C=O) groups is 1. The Kier molecular flexibility index (Phi) is 5.13. The minimum Gasteiger partial charge on any atom is -0.388 e. The van der Waals surface area contributed by atoms with Crippen LogP contribution in [-0.2, 0) is 12.8 Å². The number of hydrogen-bond donors (Lipinski definition) is 4. The molecule has 3 rings (SSSR count). The van der Waals surface area contributed by atoms with Gasteiger partial charge in [-0.05, 0) is 24.0 Å². The number of hydrogen-bond acceptors (Lipinski definition) is 3. The molecule has 0 aliphatic carbocycles. The van der Waals surface area contributed by atoms with Crippen molar-refractivity contribution in [2.45, 2.75) is 37.1 Å². The van der Waals surface area contributed by atoms with Gasteiger partial charge in [0.15, 0.2) is 0 Å². The van der Waals surface area contributed by atoms with E-state index in [1.165, 1.54) is 0 Å². The van der Waals surface area contributed by atoms with Gasteiger partial charge in [-0.25, -0.2) is 4.79 Å². The summed E-state index contributed by atoms with van der Waals surface area (Å²) in [5, 5.41) is 26.6. The average Bonchev–Trinajstić information content (AvgIpc) is 2.69. The second kappa shape index (κ2) is 7.47. The van der Waals surface area contributed by atoms with Gasteiger partial charge in [-0.3, -0.25) is 0 Å². The van der Waals surface area contributed by atoms with E-state index in [1.807, 2.05) is 60.7 Å². The molecule has 0 bridgehead atoms. The van der Waals surface area contributed by atoms with Gasteiger partial charge in [-0.2, -0.15) is 0 Å². The first-order chi connectivity index (χ1) is 11.6. The van der Waals surface area contributed by atoms with Crippen LogP contribution >= 0.6 is 0 Å². The molecule has 0 aromatic heterocycles. The van der Waals surface area contributed by atoms with Gasteiger partial charge in [-0.15, -0.1) is 0 Å². The number of amides is 2. The van der Waals surface area contributed by atoms with Gasteiger partial charge in [0, 0.05) is 0 Å². The lowest BCUT2D eigenvalue weighted by atomic mass is 9.92. The molecular weight excluding hydrogens is 304 g/mol. The van der Waals surface area contributed by atoms with Crippen molar-refractivity contribution in [2.75, 3.05) is 0 Å². The average molecular weight is 326 g/mol. The molecular formula is C19H22N2O3. The van der Waals surface area contributed by atoms with Crippen molar-refractivity contribution in [1.29, 1.82) is 0 Å². The molecule has 1 aliphatic heterocycles. The smallest absolute Gasteiger partial charge is 0.315 e. The Balaban J connectivity index is 1.73. The molecule has 126 valence electrons. The summed E-state index contributed by atoms with van der Waals surface area (Å²) in [6.07, 6.45) is -1.16. The predicted octanol–water partition coefficient (Wildman–Crippen LogP) is 1.24. The minimum absolute atomic E-state index is 0.368. The quantitative estimate of drug-likeness (QED) is 0.682. The predicted molar refractivity (Wildman–Crippen MR) is 91.5 cm³/mol. The molecule has 5 heteroatoms. The van der Waals surface area contributed by atoms with Crippen LogP contribution in [0.5, 0.6) is 0 Å². The summed E-state index contributed by atoms with van der Waals surface area (Å²) in [6.45, 7) is 0. The van der Waals surface area contributed by atoms with E-state index in [9.17, 15) is 15.0 Å². The first-order valence-corrected chi connectivity index (χ1v) is 8.14. The third kappa shape index (κ3) is 3.93. The molecule has 0 unspecified atom stereocenters. The Labute approximate surface area is 141 Å². The first kappa shape index (κ1) is 16.5. The normalized spacial score (nSPS) is 27.0. The fraction of sp³-hybridized carbons (Fsp3) is 0.316. The monoisotopic (exact) mass is 326 g/mol. The lowest BCUT2D eigenvalue weighted by Gasteiger charge is -2.27. The Bertz CT molecular complexity index is 605. The molecule has 2 aromatic rings. The van der Waals surface area contributed by atoms with E-state index < -0.39 is 24.3 Å². The number of carbonyl (C=O) groups excluding carboxylic acids is 1. The molecule has 24 heavy (non-hydrogen) atoms. The van der Waals surface area contributed by atoms with Gasteiger partial charge in [0.25, 0.3) is 0 Å². The number of aliphatic hydroxyl groups excluding tert-OH is 2. The van der Waals surface area contributed by atoms with Crippen LogP contribution in [0.2, 0.25) is 0 Å². The molecule has 1 fully saturated rings. The molecule has 4 N–H and O–H groups in total. The second-order valence-electron chi connectivity index (χ2n) is 6.19. The van der Waals surface area contributed by atoms with E-state index in [2.05, 4.69) is 10.6 Å². The van der Waals surface area contributed by atoms with Gasteiger partial charge in [0.2, 0.25) is 0 Å². The highest BCUT2D eigenvalue weighted by atomic mass is 16.3. The molecule has 0 radical (unpaired) electrons. The minimum atomic E-state index is -1.04. The van der Waals surface area contributed by atoms with Crippen LogP contribution in [0.3, 0.4) is 0 Å². The van der Waals surface area contributed by atoms with Crippen molar-refractivity contribution < 1.29 is 15.0 Å². The number of rotatable bonds is 4. The van der Waals surface area contributed by atoms with Gasteiger partial charge < -0.3 is 20.8 Å². The number of nitrogens with one attached hydrogen (secondary N) is 2. The maximum absolute atomic E-state index is 12.1. The van der Waals surface area contributed by atoms with Crippen molar-refractivity contribution >= 4 is 6.03 Å².